The zero-order valence-electron chi connectivity index (χ0n) is 11.0. The molecular weight excluding hydrogens is 230 g/mol. The molecule has 0 aliphatic rings. The van der Waals surface area contributed by atoms with Gasteiger partial charge >= 0.3 is 0 Å². The van der Waals surface area contributed by atoms with Gasteiger partial charge in [0, 0.05) is 31.7 Å². The van der Waals surface area contributed by atoms with E-state index in [0.29, 0.717) is 37.8 Å². The van der Waals surface area contributed by atoms with Crippen molar-refractivity contribution in [1.29, 1.82) is 5.26 Å². The standard InChI is InChI=1S/C12H21N5O/c1-10(2)16(5-3-4-13)8-12(18)9-17-7-11(14)6-15-17/h6-7,10,12,18H,3,5,8-9,14H2,1-2H3. The number of nitrogen functional groups attached to an aromatic ring is 1. The third-order valence-electron chi connectivity index (χ3n) is 2.74. The maximum atomic E-state index is 10.0. The molecule has 0 saturated heterocycles. The second-order valence-corrected chi connectivity index (χ2v) is 4.65. The molecule has 1 aromatic rings. The number of nitrogens with two attached hydrogens (primary N) is 1. The van der Waals surface area contributed by atoms with Crippen LogP contribution in [0.1, 0.15) is 20.3 Å². The minimum atomic E-state index is -0.523. The van der Waals surface area contributed by atoms with Crippen LogP contribution in [0.15, 0.2) is 12.4 Å². The Balaban J connectivity index is 2.45. The van der Waals surface area contributed by atoms with E-state index in [1.807, 2.05) is 0 Å². The molecule has 0 spiro atoms. The van der Waals surface area contributed by atoms with E-state index in [-0.39, 0.29) is 0 Å². The van der Waals surface area contributed by atoms with Crippen LogP contribution in [0.4, 0.5) is 5.69 Å². The molecule has 1 heterocycles. The van der Waals surface area contributed by atoms with Gasteiger partial charge in [0.1, 0.15) is 0 Å². The van der Waals surface area contributed by atoms with E-state index in [0.717, 1.165) is 0 Å². The molecule has 0 amide bonds. The van der Waals surface area contributed by atoms with E-state index in [2.05, 4.69) is 29.9 Å². The lowest BCUT2D eigenvalue weighted by Gasteiger charge is -2.27. The lowest BCUT2D eigenvalue weighted by molar-refractivity contribution is 0.0815. The van der Waals surface area contributed by atoms with Gasteiger partial charge in [-0.15, -0.1) is 0 Å². The molecule has 18 heavy (non-hydrogen) atoms. The van der Waals surface area contributed by atoms with Crippen molar-refractivity contribution >= 4 is 5.69 Å². The fraction of sp³-hybridized carbons (Fsp3) is 0.667. The third-order valence-corrected chi connectivity index (χ3v) is 2.74. The molecule has 6 nitrogen and oxygen atoms in total. The fourth-order valence-electron chi connectivity index (χ4n) is 1.78. The molecule has 1 atom stereocenters. The van der Waals surface area contributed by atoms with Crippen molar-refractivity contribution in [2.45, 2.75) is 39.0 Å². The van der Waals surface area contributed by atoms with Crippen LogP contribution < -0.4 is 5.73 Å². The number of hydrogen-bond donors (Lipinski definition) is 2. The first-order valence-corrected chi connectivity index (χ1v) is 6.10. The van der Waals surface area contributed by atoms with Gasteiger partial charge in [-0.25, -0.2) is 0 Å². The average molecular weight is 251 g/mol. The van der Waals surface area contributed by atoms with Crippen LogP contribution in [0.5, 0.6) is 0 Å². The summed E-state index contributed by atoms with van der Waals surface area (Å²) in [5.41, 5.74) is 6.15. The lowest BCUT2D eigenvalue weighted by Crippen LogP contribution is -2.39. The molecular formula is C12H21N5O. The molecule has 6 heteroatoms. The van der Waals surface area contributed by atoms with Gasteiger partial charge in [0.2, 0.25) is 0 Å². The summed E-state index contributed by atoms with van der Waals surface area (Å²) in [6.45, 7) is 5.71. The van der Waals surface area contributed by atoms with E-state index >= 15 is 0 Å². The average Bonchev–Trinajstić information content (AvgIpc) is 2.69. The van der Waals surface area contributed by atoms with Crippen molar-refractivity contribution in [2.75, 3.05) is 18.8 Å². The van der Waals surface area contributed by atoms with Crippen molar-refractivity contribution in [3.63, 3.8) is 0 Å². The molecule has 0 bridgehead atoms. The largest absolute Gasteiger partial charge is 0.396 e. The van der Waals surface area contributed by atoms with Crippen LogP contribution in [0.3, 0.4) is 0 Å². The summed E-state index contributed by atoms with van der Waals surface area (Å²) in [5.74, 6) is 0. The highest BCUT2D eigenvalue weighted by molar-refractivity contribution is 5.30. The molecule has 1 unspecified atom stereocenters. The van der Waals surface area contributed by atoms with E-state index < -0.39 is 6.10 Å². The monoisotopic (exact) mass is 251 g/mol. The molecule has 0 aliphatic carbocycles. The molecule has 1 rings (SSSR count). The molecule has 0 saturated carbocycles. The minimum Gasteiger partial charge on any atom is -0.396 e. The Morgan fingerprint density at radius 3 is 2.83 bits per heavy atom. The maximum absolute atomic E-state index is 10.0. The van der Waals surface area contributed by atoms with Crippen LogP contribution >= 0.6 is 0 Å². The Morgan fingerprint density at radius 2 is 2.33 bits per heavy atom. The number of anilines is 1. The van der Waals surface area contributed by atoms with Gasteiger partial charge in [-0.05, 0) is 13.8 Å². The number of aromatic nitrogens is 2. The highest BCUT2D eigenvalue weighted by atomic mass is 16.3. The summed E-state index contributed by atoms with van der Waals surface area (Å²) >= 11 is 0. The van der Waals surface area contributed by atoms with E-state index in [4.69, 9.17) is 11.0 Å². The van der Waals surface area contributed by atoms with Gasteiger partial charge in [0.25, 0.3) is 0 Å². The highest BCUT2D eigenvalue weighted by Crippen LogP contribution is 2.04. The topological polar surface area (TPSA) is 91.1 Å². The third kappa shape index (κ3) is 4.73. The summed E-state index contributed by atoms with van der Waals surface area (Å²) in [7, 11) is 0. The summed E-state index contributed by atoms with van der Waals surface area (Å²) < 4.78 is 1.63. The second-order valence-electron chi connectivity index (χ2n) is 4.65. The van der Waals surface area contributed by atoms with Crippen LogP contribution in [0.25, 0.3) is 0 Å². The van der Waals surface area contributed by atoms with E-state index in [1.165, 1.54) is 0 Å². The predicted octanol–water partition coefficient (Wildman–Crippen LogP) is 0.450. The molecule has 0 aromatic carbocycles. The Bertz CT molecular complexity index is 395. The van der Waals surface area contributed by atoms with Crippen molar-refractivity contribution in [1.82, 2.24) is 14.7 Å². The van der Waals surface area contributed by atoms with Crippen molar-refractivity contribution < 1.29 is 5.11 Å². The van der Waals surface area contributed by atoms with E-state index in [9.17, 15) is 5.11 Å². The van der Waals surface area contributed by atoms with Gasteiger partial charge in [-0.3, -0.25) is 9.58 Å². The SMILES string of the molecule is CC(C)N(CCC#N)CC(O)Cn1cc(N)cn1. The quantitative estimate of drug-likeness (QED) is 0.734. The van der Waals surface area contributed by atoms with E-state index in [1.54, 1.807) is 17.1 Å². The van der Waals surface area contributed by atoms with Gasteiger partial charge in [0.15, 0.2) is 0 Å². The van der Waals surface area contributed by atoms with Crippen LogP contribution in [-0.2, 0) is 6.54 Å². The van der Waals surface area contributed by atoms with Crippen molar-refractivity contribution in [2.24, 2.45) is 0 Å². The van der Waals surface area contributed by atoms with Gasteiger partial charge in [-0.2, -0.15) is 10.4 Å². The minimum absolute atomic E-state index is 0.302. The summed E-state index contributed by atoms with van der Waals surface area (Å²) in [4.78, 5) is 2.08. The van der Waals surface area contributed by atoms with Crippen LogP contribution in [0.2, 0.25) is 0 Å². The smallest absolute Gasteiger partial charge is 0.0862 e. The first-order chi connectivity index (χ1) is 8.52. The summed E-state index contributed by atoms with van der Waals surface area (Å²) in [6.07, 6.45) is 3.20. The normalized spacial score (nSPS) is 12.9. The number of hydrogen-bond acceptors (Lipinski definition) is 5. The van der Waals surface area contributed by atoms with Crippen LogP contribution in [0, 0.1) is 11.3 Å². The van der Waals surface area contributed by atoms with Gasteiger partial charge in [-0.1, -0.05) is 0 Å². The number of nitriles is 1. The zero-order chi connectivity index (χ0) is 13.5. The second kappa shape index (κ2) is 6.99. The first-order valence-electron chi connectivity index (χ1n) is 6.10. The lowest BCUT2D eigenvalue weighted by atomic mass is 10.2. The predicted molar refractivity (Wildman–Crippen MR) is 69.6 cm³/mol. The van der Waals surface area contributed by atoms with Gasteiger partial charge in [0.05, 0.1) is 30.6 Å². The Hall–Kier alpha value is -1.58. The number of aliphatic hydroxyl groups is 1. The first kappa shape index (κ1) is 14.5. The molecule has 0 fully saturated rings. The molecule has 3 N–H and O–H groups in total. The fourth-order valence-corrected chi connectivity index (χ4v) is 1.78. The number of nitrogens with zero attached hydrogens (tertiary/aromatic N) is 4. The zero-order valence-corrected chi connectivity index (χ0v) is 11.0. The molecule has 100 valence electrons. The maximum Gasteiger partial charge on any atom is 0.0862 e. The molecule has 1 aromatic heterocycles. The molecule has 0 radical (unpaired) electrons. The Morgan fingerprint density at radius 1 is 1.61 bits per heavy atom. The summed E-state index contributed by atoms with van der Waals surface area (Å²) in [5, 5.41) is 22.6. The Labute approximate surface area is 108 Å². The number of aliphatic hydroxyl groups excluding tert-OH is 1. The van der Waals surface area contributed by atoms with Crippen molar-refractivity contribution in [3.05, 3.63) is 12.4 Å². The highest BCUT2D eigenvalue weighted by Gasteiger charge is 2.15. The Kier molecular flexibility index (Phi) is 5.62. The summed E-state index contributed by atoms with van der Waals surface area (Å²) in [6, 6.07) is 2.42. The van der Waals surface area contributed by atoms with Gasteiger partial charge < -0.3 is 10.8 Å². The van der Waals surface area contributed by atoms with Crippen LogP contribution in [-0.4, -0.2) is 45.0 Å². The van der Waals surface area contributed by atoms with Crippen molar-refractivity contribution in [3.8, 4) is 6.07 Å². The molecule has 0 aliphatic heterocycles. The number of rotatable bonds is 7.